The van der Waals surface area contributed by atoms with Crippen LogP contribution in [-0.4, -0.2) is 14.8 Å². The van der Waals surface area contributed by atoms with Crippen LogP contribution in [0.1, 0.15) is 38.2 Å². The van der Waals surface area contributed by atoms with Gasteiger partial charge in [-0.25, -0.2) is 0 Å². The van der Waals surface area contributed by atoms with Crippen LogP contribution >= 0.6 is 39.1 Å². The molecular weight excluding hydrogens is 413 g/mol. The van der Waals surface area contributed by atoms with Gasteiger partial charge in [0.05, 0.1) is 10.2 Å². The number of aliphatic hydroxyl groups is 1. The van der Waals surface area contributed by atoms with Crippen LogP contribution in [-0.2, 0) is 12.1 Å². The van der Waals surface area contributed by atoms with Crippen molar-refractivity contribution in [1.29, 1.82) is 0 Å². The van der Waals surface area contributed by atoms with Crippen LogP contribution in [0.5, 0.6) is 0 Å². The van der Waals surface area contributed by atoms with Crippen LogP contribution in [0.25, 0.3) is 5.70 Å². The molecule has 0 aliphatic carbocycles. The Kier molecular flexibility index (Phi) is 5.35. The fourth-order valence-corrected chi connectivity index (χ4v) is 4.36. The van der Waals surface area contributed by atoms with Gasteiger partial charge < -0.3 is 5.11 Å². The van der Waals surface area contributed by atoms with Crippen molar-refractivity contribution < 1.29 is 9.79 Å². The summed E-state index contributed by atoms with van der Waals surface area (Å²) in [6.07, 6.45) is 7.65. The first-order valence-corrected chi connectivity index (χ1v) is 9.51. The maximum Gasteiger partial charge on any atom is 0.307 e. The lowest BCUT2D eigenvalue weighted by atomic mass is 9.90. The first-order chi connectivity index (χ1) is 11.5. The van der Waals surface area contributed by atoms with Gasteiger partial charge in [-0.15, -0.1) is 4.68 Å². The molecule has 1 N–H and O–H groups in total. The molecule has 128 valence electrons. The first-order valence-electron chi connectivity index (χ1n) is 7.97. The number of unbranched alkanes of at least 4 members (excludes halogenated alkanes) is 2. The number of halogens is 3. The second kappa shape index (κ2) is 7.16. The molecule has 1 aromatic carbocycles. The second-order valence-corrected chi connectivity index (χ2v) is 7.66. The molecule has 4 nitrogen and oxygen atoms in total. The molecule has 1 aromatic heterocycles. The van der Waals surface area contributed by atoms with E-state index in [1.54, 1.807) is 30.9 Å². The molecule has 24 heavy (non-hydrogen) atoms. The van der Waals surface area contributed by atoms with E-state index in [1.807, 2.05) is 9.36 Å². The summed E-state index contributed by atoms with van der Waals surface area (Å²) in [6, 6.07) is 5.18. The quantitative estimate of drug-likeness (QED) is 0.558. The minimum absolute atomic E-state index is 0.326. The number of allylic oxidation sites excluding steroid dienone is 1. The number of hydrogen-bond acceptors (Lipinski definition) is 2. The van der Waals surface area contributed by atoms with Crippen LogP contribution < -0.4 is 4.68 Å². The summed E-state index contributed by atoms with van der Waals surface area (Å²) in [4.78, 5) is 4.22. The Bertz CT molecular complexity index is 790. The van der Waals surface area contributed by atoms with Crippen molar-refractivity contribution in [3.05, 3.63) is 50.9 Å². The number of nitrogens with zero attached hydrogens (tertiary/aromatic N) is 3. The lowest BCUT2D eigenvalue weighted by Gasteiger charge is -2.33. The molecule has 2 aromatic rings. The Balaban J connectivity index is 2.09. The number of fused-ring (bicyclic) bond motifs is 1. The van der Waals surface area contributed by atoms with Gasteiger partial charge in [-0.3, -0.25) is 0 Å². The van der Waals surface area contributed by atoms with Gasteiger partial charge in [0.15, 0.2) is 5.60 Å². The van der Waals surface area contributed by atoms with E-state index in [0.717, 1.165) is 35.9 Å². The summed E-state index contributed by atoms with van der Waals surface area (Å²) in [5.74, 6) is 0. The normalized spacial score (nSPS) is 20.4. The highest BCUT2D eigenvalue weighted by Crippen LogP contribution is 2.43. The lowest BCUT2D eigenvalue weighted by molar-refractivity contribution is -0.780. The van der Waals surface area contributed by atoms with Gasteiger partial charge in [0.1, 0.15) is 6.54 Å². The summed E-state index contributed by atoms with van der Waals surface area (Å²) in [6.45, 7) is 2.50. The number of rotatable bonds is 5. The average molecular weight is 432 g/mol. The predicted molar refractivity (Wildman–Crippen MR) is 99.1 cm³/mol. The molecule has 1 aliphatic heterocycles. The molecule has 0 amide bonds. The topological polar surface area (TPSA) is 41.9 Å². The molecule has 1 atom stereocenters. The molecule has 3 rings (SSSR count). The molecule has 1 unspecified atom stereocenters. The van der Waals surface area contributed by atoms with E-state index in [0.29, 0.717) is 22.2 Å². The van der Waals surface area contributed by atoms with Gasteiger partial charge in [-0.1, -0.05) is 49.0 Å². The fourth-order valence-electron chi connectivity index (χ4n) is 3.07. The van der Waals surface area contributed by atoms with Crippen LogP contribution in [0, 0.1) is 0 Å². The van der Waals surface area contributed by atoms with Crippen molar-refractivity contribution in [2.24, 2.45) is 0 Å². The van der Waals surface area contributed by atoms with Gasteiger partial charge >= 0.3 is 6.33 Å². The molecule has 0 saturated carbocycles. The van der Waals surface area contributed by atoms with Crippen molar-refractivity contribution in [3.8, 4) is 0 Å². The van der Waals surface area contributed by atoms with Crippen molar-refractivity contribution in [3.63, 3.8) is 0 Å². The Morgan fingerprint density at radius 2 is 2.17 bits per heavy atom. The summed E-state index contributed by atoms with van der Waals surface area (Å²) in [5.41, 5.74) is 0.387. The summed E-state index contributed by atoms with van der Waals surface area (Å²) in [5, 5.41) is 12.5. The van der Waals surface area contributed by atoms with Gasteiger partial charge in [-0.05, 0) is 45.9 Å². The first kappa shape index (κ1) is 17.9. The van der Waals surface area contributed by atoms with Crippen molar-refractivity contribution in [2.45, 2.75) is 44.8 Å². The van der Waals surface area contributed by atoms with Crippen LogP contribution in [0.2, 0.25) is 10.0 Å². The minimum Gasteiger partial charge on any atom is -0.375 e. The SMILES string of the molecule is CCCCCC1=C(Br)C(O)(c2ccc(Cl)cc2Cl)C[n+]2cncn21. The molecule has 0 radical (unpaired) electrons. The van der Waals surface area contributed by atoms with Crippen molar-refractivity contribution >= 4 is 44.8 Å². The zero-order valence-electron chi connectivity index (χ0n) is 13.3. The maximum atomic E-state index is 11.5. The van der Waals surface area contributed by atoms with Crippen LogP contribution in [0.4, 0.5) is 0 Å². The molecule has 0 bridgehead atoms. The maximum absolute atomic E-state index is 11.5. The zero-order valence-corrected chi connectivity index (χ0v) is 16.4. The Morgan fingerprint density at radius 1 is 1.38 bits per heavy atom. The Labute approximate surface area is 159 Å². The van der Waals surface area contributed by atoms with Crippen molar-refractivity contribution in [1.82, 2.24) is 9.67 Å². The number of aromatic nitrogens is 3. The third-order valence-corrected chi connectivity index (χ3v) is 5.99. The van der Waals surface area contributed by atoms with E-state index in [1.165, 1.54) is 0 Å². The minimum atomic E-state index is -1.25. The summed E-state index contributed by atoms with van der Waals surface area (Å²) < 4.78 is 4.61. The van der Waals surface area contributed by atoms with Gasteiger partial charge in [0.25, 0.3) is 0 Å². The largest absolute Gasteiger partial charge is 0.375 e. The molecule has 0 spiro atoms. The van der Waals surface area contributed by atoms with Crippen molar-refractivity contribution in [2.75, 3.05) is 0 Å². The molecular formula is C17H19BrCl2N3O+. The molecule has 2 heterocycles. The highest BCUT2D eigenvalue weighted by atomic mass is 79.9. The highest BCUT2D eigenvalue weighted by Gasteiger charge is 2.44. The fraction of sp³-hybridized carbons (Fsp3) is 0.412. The number of hydrogen-bond donors (Lipinski definition) is 1. The Morgan fingerprint density at radius 3 is 2.88 bits per heavy atom. The second-order valence-electron chi connectivity index (χ2n) is 6.02. The lowest BCUT2D eigenvalue weighted by Crippen LogP contribution is -2.55. The molecule has 1 aliphatic rings. The van der Waals surface area contributed by atoms with E-state index in [-0.39, 0.29) is 0 Å². The average Bonchev–Trinajstić information content (AvgIpc) is 2.98. The highest BCUT2D eigenvalue weighted by molar-refractivity contribution is 9.11. The number of benzene rings is 1. The molecule has 0 saturated heterocycles. The Hall–Kier alpha value is -0.880. The predicted octanol–water partition coefficient (Wildman–Crippen LogP) is 4.52. The van der Waals surface area contributed by atoms with Crippen LogP contribution in [0.15, 0.2) is 35.3 Å². The zero-order chi connectivity index (χ0) is 17.3. The van der Waals surface area contributed by atoms with E-state index < -0.39 is 5.60 Å². The molecule has 7 heteroatoms. The van der Waals surface area contributed by atoms with E-state index in [4.69, 9.17) is 23.2 Å². The smallest absolute Gasteiger partial charge is 0.307 e. The third kappa shape index (κ3) is 3.15. The summed E-state index contributed by atoms with van der Waals surface area (Å²) in [7, 11) is 0. The summed E-state index contributed by atoms with van der Waals surface area (Å²) >= 11 is 16.0. The van der Waals surface area contributed by atoms with E-state index in [9.17, 15) is 5.11 Å². The van der Waals surface area contributed by atoms with E-state index in [2.05, 4.69) is 27.8 Å². The van der Waals surface area contributed by atoms with E-state index >= 15 is 0 Å². The molecule has 0 fully saturated rings. The third-order valence-electron chi connectivity index (χ3n) is 4.33. The monoisotopic (exact) mass is 430 g/mol. The van der Waals surface area contributed by atoms with Gasteiger partial charge in [0.2, 0.25) is 6.33 Å². The van der Waals surface area contributed by atoms with Crippen LogP contribution in [0.3, 0.4) is 0 Å². The standard InChI is InChI=1S/C17H19BrCl2N3O/c1-2-3-4-5-15-16(18)17(24,9-22-10-21-11-23(15)22)13-7-6-12(19)8-14(13)20/h6-8,10-11,24H,2-5,9H2,1H3/q+1. The van der Waals surface area contributed by atoms with Gasteiger partial charge in [-0.2, -0.15) is 4.68 Å². The van der Waals surface area contributed by atoms with Gasteiger partial charge in [0, 0.05) is 15.6 Å².